The summed E-state index contributed by atoms with van der Waals surface area (Å²) in [6, 6.07) is 0. The SMILES string of the molecule is C=C1[C@H](O)C[C@H]2[C@H]3[C@@H]1[C@]2(C)CCCC3(CO)CO. The Morgan fingerprint density at radius 2 is 1.94 bits per heavy atom. The summed E-state index contributed by atoms with van der Waals surface area (Å²) in [5, 5.41) is 29.6. The summed E-state index contributed by atoms with van der Waals surface area (Å²) in [6.45, 7) is 6.52. The molecule has 0 saturated heterocycles. The molecule has 3 N–H and O–H groups in total. The average Bonchev–Trinajstić information content (AvgIpc) is 2.57. The van der Waals surface area contributed by atoms with Gasteiger partial charge in [0.05, 0.1) is 19.3 Å². The van der Waals surface area contributed by atoms with E-state index >= 15 is 0 Å². The van der Waals surface area contributed by atoms with Crippen molar-refractivity contribution >= 4 is 0 Å². The Hall–Kier alpha value is -0.380. The minimum Gasteiger partial charge on any atom is -0.396 e. The molecule has 0 unspecified atom stereocenters. The maximum Gasteiger partial charge on any atom is 0.0753 e. The Morgan fingerprint density at radius 3 is 2.50 bits per heavy atom. The number of aliphatic hydroxyl groups excluding tert-OH is 3. The summed E-state index contributed by atoms with van der Waals surface area (Å²) in [6.07, 6.45) is 3.48. The van der Waals surface area contributed by atoms with Gasteiger partial charge in [-0.25, -0.2) is 0 Å². The maximum atomic E-state index is 10.0. The first-order chi connectivity index (χ1) is 8.50. The quantitative estimate of drug-likeness (QED) is 0.650. The molecule has 0 amide bonds. The van der Waals surface area contributed by atoms with Crippen LogP contribution < -0.4 is 0 Å². The van der Waals surface area contributed by atoms with Crippen LogP contribution in [0, 0.1) is 28.6 Å². The van der Waals surface area contributed by atoms with Gasteiger partial charge in [-0.2, -0.15) is 0 Å². The molecule has 4 aliphatic carbocycles. The number of rotatable bonds is 2. The van der Waals surface area contributed by atoms with Crippen molar-refractivity contribution in [1.82, 2.24) is 0 Å². The van der Waals surface area contributed by atoms with Crippen LogP contribution in [-0.4, -0.2) is 34.6 Å². The second kappa shape index (κ2) is 3.81. The van der Waals surface area contributed by atoms with Crippen LogP contribution in [0.5, 0.6) is 0 Å². The molecule has 0 heterocycles. The van der Waals surface area contributed by atoms with E-state index in [9.17, 15) is 15.3 Å². The standard InChI is InChI=1S/C15H24O3/c1-9-11(18)6-10-13-12(9)14(10,2)4-3-5-15(13,7-16)8-17/h10-13,16-18H,1,3-8H2,2H3/t10-,11+,12+,13-,14+/m0/s1. The molecule has 0 aliphatic heterocycles. The van der Waals surface area contributed by atoms with Gasteiger partial charge in [0.1, 0.15) is 0 Å². The highest BCUT2D eigenvalue weighted by molar-refractivity contribution is 5.30. The van der Waals surface area contributed by atoms with E-state index in [1.807, 2.05) is 0 Å². The van der Waals surface area contributed by atoms with E-state index in [-0.39, 0.29) is 36.1 Å². The second-order valence-electron chi connectivity index (χ2n) is 6.97. The molecule has 4 fully saturated rings. The molecule has 4 saturated carbocycles. The Kier molecular flexibility index (Phi) is 2.68. The van der Waals surface area contributed by atoms with Crippen molar-refractivity contribution in [3.8, 4) is 0 Å². The lowest BCUT2D eigenvalue weighted by Crippen LogP contribution is -2.66. The first-order valence-corrected chi connectivity index (χ1v) is 7.08. The van der Waals surface area contributed by atoms with Gasteiger partial charge in [-0.15, -0.1) is 0 Å². The van der Waals surface area contributed by atoms with E-state index in [0.717, 1.165) is 31.3 Å². The zero-order valence-electron chi connectivity index (χ0n) is 11.1. The third kappa shape index (κ3) is 1.25. The molecule has 0 aromatic carbocycles. The van der Waals surface area contributed by atoms with Crippen LogP contribution in [0.1, 0.15) is 32.6 Å². The Labute approximate surface area is 109 Å². The van der Waals surface area contributed by atoms with Gasteiger partial charge in [-0.05, 0) is 48.0 Å². The molecule has 3 heteroatoms. The molecule has 102 valence electrons. The van der Waals surface area contributed by atoms with Crippen molar-refractivity contribution in [1.29, 1.82) is 0 Å². The molecule has 18 heavy (non-hydrogen) atoms. The van der Waals surface area contributed by atoms with E-state index in [1.165, 1.54) is 0 Å². The van der Waals surface area contributed by atoms with Crippen molar-refractivity contribution in [2.45, 2.75) is 38.7 Å². The zero-order valence-corrected chi connectivity index (χ0v) is 11.1. The zero-order chi connectivity index (χ0) is 13.1. The second-order valence-corrected chi connectivity index (χ2v) is 6.97. The van der Waals surface area contributed by atoms with Gasteiger partial charge in [0.15, 0.2) is 0 Å². The van der Waals surface area contributed by atoms with Crippen LogP contribution in [0.15, 0.2) is 12.2 Å². The number of hydrogen-bond donors (Lipinski definition) is 3. The fourth-order valence-corrected chi connectivity index (χ4v) is 5.36. The highest BCUT2D eigenvalue weighted by Crippen LogP contribution is 2.73. The van der Waals surface area contributed by atoms with Crippen molar-refractivity contribution < 1.29 is 15.3 Å². The number of fused-ring (bicyclic) bond motifs is 2. The van der Waals surface area contributed by atoms with Crippen molar-refractivity contribution in [2.75, 3.05) is 13.2 Å². The monoisotopic (exact) mass is 252 g/mol. The highest BCUT2D eigenvalue weighted by atomic mass is 16.3. The largest absolute Gasteiger partial charge is 0.396 e. The van der Waals surface area contributed by atoms with Gasteiger partial charge >= 0.3 is 0 Å². The van der Waals surface area contributed by atoms with Crippen LogP contribution in [0.25, 0.3) is 0 Å². The molecule has 0 aromatic heterocycles. The molecule has 4 rings (SSSR count). The third-order valence-electron chi connectivity index (χ3n) is 6.38. The van der Waals surface area contributed by atoms with Gasteiger partial charge in [-0.1, -0.05) is 19.9 Å². The van der Waals surface area contributed by atoms with Crippen LogP contribution in [0.4, 0.5) is 0 Å². The van der Waals surface area contributed by atoms with Crippen molar-refractivity contribution in [3.05, 3.63) is 12.2 Å². The van der Waals surface area contributed by atoms with E-state index in [2.05, 4.69) is 13.5 Å². The van der Waals surface area contributed by atoms with E-state index < -0.39 is 0 Å². The lowest BCUT2D eigenvalue weighted by atomic mass is 9.36. The minimum atomic E-state index is -0.377. The summed E-state index contributed by atoms with van der Waals surface area (Å²) in [4.78, 5) is 0. The Bertz CT molecular complexity index is 374. The van der Waals surface area contributed by atoms with Crippen molar-refractivity contribution in [3.63, 3.8) is 0 Å². The van der Waals surface area contributed by atoms with Gasteiger partial charge < -0.3 is 15.3 Å². The van der Waals surface area contributed by atoms with E-state index in [1.54, 1.807) is 0 Å². The van der Waals surface area contributed by atoms with Gasteiger partial charge in [-0.3, -0.25) is 0 Å². The molecular formula is C15H24O3. The first-order valence-electron chi connectivity index (χ1n) is 7.08. The lowest BCUT2D eigenvalue weighted by molar-refractivity contribution is -0.200. The van der Waals surface area contributed by atoms with Crippen LogP contribution in [0.3, 0.4) is 0 Å². The maximum absolute atomic E-state index is 10.0. The average molecular weight is 252 g/mol. The molecular weight excluding hydrogens is 228 g/mol. The summed E-state index contributed by atoms with van der Waals surface area (Å²) >= 11 is 0. The number of aliphatic hydroxyl groups is 3. The van der Waals surface area contributed by atoms with Gasteiger partial charge in [0, 0.05) is 5.41 Å². The van der Waals surface area contributed by atoms with Crippen molar-refractivity contribution in [2.24, 2.45) is 28.6 Å². The van der Waals surface area contributed by atoms with Gasteiger partial charge in [0.25, 0.3) is 0 Å². The summed E-state index contributed by atoms with van der Waals surface area (Å²) in [5.41, 5.74) is 0.833. The molecule has 5 atom stereocenters. The summed E-state index contributed by atoms with van der Waals surface area (Å²) < 4.78 is 0. The third-order valence-corrected chi connectivity index (χ3v) is 6.38. The summed E-state index contributed by atoms with van der Waals surface area (Å²) in [5.74, 6) is 1.04. The molecule has 4 bridgehead atoms. The smallest absolute Gasteiger partial charge is 0.0753 e. The Morgan fingerprint density at radius 1 is 1.28 bits per heavy atom. The fraction of sp³-hybridized carbons (Fsp3) is 0.867. The lowest BCUT2D eigenvalue weighted by Gasteiger charge is -2.68. The fourth-order valence-electron chi connectivity index (χ4n) is 5.36. The molecule has 0 aromatic rings. The van der Waals surface area contributed by atoms with Crippen LogP contribution >= 0.6 is 0 Å². The van der Waals surface area contributed by atoms with Crippen LogP contribution in [-0.2, 0) is 0 Å². The van der Waals surface area contributed by atoms with Gasteiger partial charge in [0.2, 0.25) is 0 Å². The predicted molar refractivity (Wildman–Crippen MR) is 68.8 cm³/mol. The molecule has 0 radical (unpaired) electrons. The van der Waals surface area contributed by atoms with Crippen LogP contribution in [0.2, 0.25) is 0 Å². The first kappa shape index (κ1) is 12.6. The topological polar surface area (TPSA) is 60.7 Å². The molecule has 0 spiro atoms. The Balaban J connectivity index is 2.03. The summed E-state index contributed by atoms with van der Waals surface area (Å²) in [7, 11) is 0. The molecule has 4 aliphatic rings. The normalized spacial score (nSPS) is 49.4. The highest BCUT2D eigenvalue weighted by Gasteiger charge is 2.69. The minimum absolute atomic E-state index is 0.0562. The van der Waals surface area contributed by atoms with E-state index in [4.69, 9.17) is 0 Å². The molecule has 3 nitrogen and oxygen atoms in total. The number of hydrogen-bond acceptors (Lipinski definition) is 3. The predicted octanol–water partition coefficient (Wildman–Crippen LogP) is 1.33. The van der Waals surface area contributed by atoms with E-state index in [0.29, 0.717) is 11.8 Å².